The van der Waals surface area contributed by atoms with Crippen LogP contribution >= 0.6 is 0 Å². The summed E-state index contributed by atoms with van der Waals surface area (Å²) in [6.07, 6.45) is 5.29. The first-order chi connectivity index (χ1) is 12.3. The first-order valence-corrected chi connectivity index (χ1v) is 9.00. The fourth-order valence-corrected chi connectivity index (χ4v) is 3.32. The second-order valence-electron chi connectivity index (χ2n) is 6.92. The molecule has 1 fully saturated rings. The van der Waals surface area contributed by atoms with E-state index >= 15 is 0 Å². The van der Waals surface area contributed by atoms with Gasteiger partial charge in [-0.3, -0.25) is 4.79 Å². The third kappa shape index (κ3) is 6.06. The molecule has 0 bridgehead atoms. The average molecular weight is 361 g/mol. The highest BCUT2D eigenvalue weighted by atomic mass is 16.4. The summed E-state index contributed by atoms with van der Waals surface area (Å²) in [6.45, 7) is 3.47. The Morgan fingerprint density at radius 2 is 1.69 bits per heavy atom. The van der Waals surface area contributed by atoms with E-state index in [0.717, 1.165) is 36.8 Å². The molecule has 1 atom stereocenters. The van der Waals surface area contributed by atoms with Gasteiger partial charge in [0.05, 0.1) is 6.54 Å². The van der Waals surface area contributed by atoms with Crippen molar-refractivity contribution in [2.45, 2.75) is 58.0 Å². The molecule has 1 unspecified atom stereocenters. The predicted molar refractivity (Wildman–Crippen MR) is 97.8 cm³/mol. The number of nitrogens with one attached hydrogen (secondary N) is 3. The van der Waals surface area contributed by atoms with E-state index in [9.17, 15) is 19.5 Å². The van der Waals surface area contributed by atoms with Gasteiger partial charge in [0, 0.05) is 6.04 Å². The lowest BCUT2D eigenvalue weighted by atomic mass is 9.96. The van der Waals surface area contributed by atoms with Crippen LogP contribution in [0.1, 0.15) is 54.8 Å². The van der Waals surface area contributed by atoms with Crippen LogP contribution in [0.25, 0.3) is 0 Å². The average Bonchev–Trinajstić information content (AvgIpc) is 2.57. The van der Waals surface area contributed by atoms with Crippen molar-refractivity contribution in [3.8, 4) is 0 Å². The molecule has 2 rings (SSSR count). The molecule has 1 aromatic carbocycles. The van der Waals surface area contributed by atoms with Crippen molar-refractivity contribution in [2.75, 3.05) is 6.54 Å². The van der Waals surface area contributed by atoms with Crippen molar-refractivity contribution in [2.24, 2.45) is 0 Å². The third-order valence-corrected chi connectivity index (χ3v) is 4.48. The van der Waals surface area contributed by atoms with Gasteiger partial charge in [0.2, 0.25) is 5.91 Å². The second kappa shape index (κ2) is 9.22. The van der Waals surface area contributed by atoms with E-state index in [1.807, 2.05) is 19.9 Å². The van der Waals surface area contributed by atoms with Gasteiger partial charge in [-0.1, -0.05) is 48.6 Å². The highest BCUT2D eigenvalue weighted by molar-refractivity contribution is 5.88. The van der Waals surface area contributed by atoms with E-state index in [1.165, 1.54) is 6.42 Å². The van der Waals surface area contributed by atoms with Gasteiger partial charge in [-0.05, 0) is 32.3 Å². The van der Waals surface area contributed by atoms with Crippen LogP contribution in [-0.2, 0) is 9.59 Å². The van der Waals surface area contributed by atoms with E-state index in [0.29, 0.717) is 5.56 Å². The van der Waals surface area contributed by atoms with Crippen LogP contribution < -0.4 is 16.0 Å². The molecular weight excluding hydrogens is 334 g/mol. The number of benzene rings is 1. The zero-order valence-electron chi connectivity index (χ0n) is 15.3. The molecule has 7 heteroatoms. The minimum Gasteiger partial charge on any atom is -0.479 e. The first kappa shape index (κ1) is 19.8. The summed E-state index contributed by atoms with van der Waals surface area (Å²) in [6, 6.07) is 4.00. The minimum atomic E-state index is -1.15. The van der Waals surface area contributed by atoms with Crippen LogP contribution in [0.2, 0.25) is 0 Å². The minimum absolute atomic E-state index is 0.147. The topological polar surface area (TPSA) is 108 Å². The van der Waals surface area contributed by atoms with E-state index in [4.69, 9.17) is 0 Å². The lowest BCUT2D eigenvalue weighted by molar-refractivity contribution is -0.141. The third-order valence-electron chi connectivity index (χ3n) is 4.48. The fourth-order valence-electron chi connectivity index (χ4n) is 3.32. The summed E-state index contributed by atoms with van der Waals surface area (Å²) in [7, 11) is 0. The zero-order chi connectivity index (χ0) is 19.1. The molecule has 0 radical (unpaired) electrons. The van der Waals surface area contributed by atoms with E-state index in [-0.39, 0.29) is 12.6 Å². The molecule has 1 aliphatic rings. The molecule has 3 amide bonds. The smallest absolute Gasteiger partial charge is 0.330 e. The van der Waals surface area contributed by atoms with Crippen LogP contribution in [0.5, 0.6) is 0 Å². The summed E-state index contributed by atoms with van der Waals surface area (Å²) >= 11 is 0. The van der Waals surface area contributed by atoms with Gasteiger partial charge < -0.3 is 21.1 Å². The molecule has 0 saturated heterocycles. The quantitative estimate of drug-likeness (QED) is 0.623. The number of carboxylic acid groups (broad SMARTS) is 1. The van der Waals surface area contributed by atoms with Crippen molar-refractivity contribution >= 4 is 17.9 Å². The maximum absolute atomic E-state index is 12.1. The van der Waals surface area contributed by atoms with Crippen LogP contribution in [0.4, 0.5) is 4.79 Å². The van der Waals surface area contributed by atoms with Gasteiger partial charge >= 0.3 is 12.0 Å². The number of aliphatic carboxylic acids is 1. The Labute approximate surface area is 153 Å². The summed E-state index contributed by atoms with van der Waals surface area (Å²) < 4.78 is 0. The number of amides is 3. The molecule has 7 nitrogen and oxygen atoms in total. The lowest BCUT2D eigenvalue weighted by Gasteiger charge is -2.23. The van der Waals surface area contributed by atoms with Crippen LogP contribution in [-0.4, -0.2) is 35.6 Å². The molecule has 4 N–H and O–H groups in total. The predicted octanol–water partition coefficient (Wildman–Crippen LogP) is 2.18. The van der Waals surface area contributed by atoms with Gasteiger partial charge in [0.15, 0.2) is 6.04 Å². The first-order valence-electron chi connectivity index (χ1n) is 9.00. The molecule has 0 aromatic heterocycles. The van der Waals surface area contributed by atoms with Crippen LogP contribution in [0, 0.1) is 13.8 Å². The Morgan fingerprint density at radius 3 is 2.27 bits per heavy atom. The molecule has 142 valence electrons. The molecule has 1 saturated carbocycles. The van der Waals surface area contributed by atoms with E-state index in [2.05, 4.69) is 16.0 Å². The normalized spacial score (nSPS) is 15.8. The number of hydrogen-bond donors (Lipinski definition) is 4. The highest BCUT2D eigenvalue weighted by Gasteiger charge is 2.23. The van der Waals surface area contributed by atoms with Gasteiger partial charge in [0.1, 0.15) is 0 Å². The highest BCUT2D eigenvalue weighted by Crippen LogP contribution is 2.18. The van der Waals surface area contributed by atoms with E-state index < -0.39 is 23.9 Å². The van der Waals surface area contributed by atoms with Gasteiger partial charge in [-0.25, -0.2) is 9.59 Å². The number of carbonyl (C=O) groups excluding carboxylic acids is 2. The molecule has 26 heavy (non-hydrogen) atoms. The summed E-state index contributed by atoms with van der Waals surface area (Å²) in [4.78, 5) is 35.5. The molecule has 1 aromatic rings. The van der Waals surface area contributed by atoms with Crippen molar-refractivity contribution in [1.29, 1.82) is 0 Å². The summed E-state index contributed by atoms with van der Waals surface area (Å²) in [5.74, 6) is -1.69. The van der Waals surface area contributed by atoms with Gasteiger partial charge in [-0.2, -0.15) is 0 Å². The van der Waals surface area contributed by atoms with Crippen molar-refractivity contribution < 1.29 is 19.5 Å². The summed E-state index contributed by atoms with van der Waals surface area (Å²) in [5, 5.41) is 17.2. The Morgan fingerprint density at radius 1 is 1.08 bits per heavy atom. The molecule has 0 heterocycles. The lowest BCUT2D eigenvalue weighted by Crippen LogP contribution is -2.47. The SMILES string of the molecule is Cc1cc(C)cc(C(NC(=O)CNC(=O)NC2CCCCC2)C(=O)O)c1. The Bertz CT molecular complexity index is 648. The molecule has 1 aliphatic carbocycles. The Hall–Kier alpha value is -2.57. The van der Waals surface area contributed by atoms with Crippen molar-refractivity contribution in [1.82, 2.24) is 16.0 Å². The monoisotopic (exact) mass is 361 g/mol. The van der Waals surface area contributed by atoms with Gasteiger partial charge in [-0.15, -0.1) is 0 Å². The van der Waals surface area contributed by atoms with Crippen LogP contribution in [0.3, 0.4) is 0 Å². The molecular formula is C19H27N3O4. The van der Waals surface area contributed by atoms with E-state index in [1.54, 1.807) is 12.1 Å². The number of carboxylic acids is 1. The number of aryl methyl sites for hydroxylation is 2. The Kier molecular flexibility index (Phi) is 7.00. The van der Waals surface area contributed by atoms with Crippen molar-refractivity contribution in [3.63, 3.8) is 0 Å². The fraction of sp³-hybridized carbons (Fsp3) is 0.526. The maximum atomic E-state index is 12.1. The maximum Gasteiger partial charge on any atom is 0.330 e. The largest absolute Gasteiger partial charge is 0.479 e. The number of hydrogen-bond acceptors (Lipinski definition) is 3. The molecule has 0 aliphatic heterocycles. The second-order valence-corrected chi connectivity index (χ2v) is 6.92. The van der Waals surface area contributed by atoms with Gasteiger partial charge in [0.25, 0.3) is 0 Å². The summed E-state index contributed by atoms with van der Waals surface area (Å²) in [5.41, 5.74) is 2.35. The van der Waals surface area contributed by atoms with Crippen LogP contribution in [0.15, 0.2) is 18.2 Å². The number of urea groups is 1. The number of rotatable bonds is 6. The zero-order valence-corrected chi connectivity index (χ0v) is 15.3. The number of carbonyl (C=O) groups is 3. The van der Waals surface area contributed by atoms with Crippen molar-refractivity contribution in [3.05, 3.63) is 34.9 Å². The standard InChI is InChI=1S/C19H27N3O4/c1-12-8-13(2)10-14(9-12)17(18(24)25)22-16(23)11-20-19(26)21-15-6-4-3-5-7-15/h8-10,15,17H,3-7,11H2,1-2H3,(H,22,23)(H,24,25)(H2,20,21,26). The Balaban J connectivity index is 1.87. The molecule has 0 spiro atoms.